The van der Waals surface area contributed by atoms with Gasteiger partial charge in [-0.15, -0.1) is 0 Å². The van der Waals surface area contributed by atoms with Gasteiger partial charge in [0.05, 0.1) is 0 Å². The first-order valence-corrected chi connectivity index (χ1v) is 4.63. The molecule has 0 aromatic heterocycles. The molecule has 3 N–H and O–H groups in total. The summed E-state index contributed by atoms with van der Waals surface area (Å²) in [7, 11) is 0. The number of hydrogen-bond acceptors (Lipinski definition) is 2. The van der Waals surface area contributed by atoms with Gasteiger partial charge >= 0.3 is 0 Å². The molecule has 0 saturated carbocycles. The highest BCUT2D eigenvalue weighted by Gasteiger charge is 2.17. The maximum Gasteiger partial charge on any atom is 0.171 e. The zero-order valence-electron chi connectivity index (χ0n) is 8.06. The van der Waals surface area contributed by atoms with E-state index in [9.17, 15) is 13.2 Å². The number of halogens is 3. The van der Waals surface area contributed by atoms with Crippen LogP contribution in [0.25, 0.3) is 0 Å². The van der Waals surface area contributed by atoms with Crippen LogP contribution in [-0.4, -0.2) is 11.7 Å². The van der Waals surface area contributed by atoms with Gasteiger partial charge in [0, 0.05) is 11.6 Å². The van der Waals surface area contributed by atoms with Crippen LogP contribution in [0.1, 0.15) is 18.4 Å². The Morgan fingerprint density at radius 3 is 2.40 bits per heavy atom. The normalized spacial score (nSPS) is 10.7. The lowest BCUT2D eigenvalue weighted by molar-refractivity contribution is 0.404. The molecule has 1 rings (SSSR count). The molecule has 0 atom stereocenters. The summed E-state index contributed by atoms with van der Waals surface area (Å²) in [5.74, 6) is -4.43. The molecule has 0 bridgehead atoms. The van der Waals surface area contributed by atoms with Crippen LogP contribution < -0.4 is 5.73 Å². The maximum absolute atomic E-state index is 13.2. The van der Waals surface area contributed by atoms with Gasteiger partial charge in [-0.2, -0.15) is 0 Å². The monoisotopic (exact) mass is 219 g/mol. The average Bonchev–Trinajstić information content (AvgIpc) is 2.20. The first-order valence-electron chi connectivity index (χ1n) is 4.63. The van der Waals surface area contributed by atoms with Crippen LogP contribution in [0.4, 0.5) is 13.2 Å². The molecule has 0 aliphatic rings. The number of aromatic hydroxyl groups is 1. The van der Waals surface area contributed by atoms with Crippen LogP contribution in [0, 0.1) is 17.5 Å². The van der Waals surface area contributed by atoms with Crippen molar-refractivity contribution in [2.45, 2.75) is 19.3 Å². The molecule has 1 aromatic rings. The van der Waals surface area contributed by atoms with Crippen LogP contribution in [0.3, 0.4) is 0 Å². The summed E-state index contributed by atoms with van der Waals surface area (Å²) in [6.45, 7) is 0.407. The third-order valence-corrected chi connectivity index (χ3v) is 2.11. The van der Waals surface area contributed by atoms with E-state index in [0.29, 0.717) is 25.5 Å². The SMILES string of the molecule is NCCCCc1c(F)c(O)cc(F)c1F. The lowest BCUT2D eigenvalue weighted by Crippen LogP contribution is -2.03. The predicted octanol–water partition coefficient (Wildman–Crippen LogP) is 2.09. The van der Waals surface area contributed by atoms with Gasteiger partial charge in [0.15, 0.2) is 23.2 Å². The Kier molecular flexibility index (Phi) is 3.96. The van der Waals surface area contributed by atoms with Gasteiger partial charge in [-0.1, -0.05) is 0 Å². The molecule has 0 radical (unpaired) electrons. The number of unbranched alkanes of at least 4 members (excludes halogenated alkanes) is 1. The van der Waals surface area contributed by atoms with E-state index in [4.69, 9.17) is 10.8 Å². The lowest BCUT2D eigenvalue weighted by Gasteiger charge is -2.06. The van der Waals surface area contributed by atoms with E-state index in [1.807, 2.05) is 0 Å². The average molecular weight is 219 g/mol. The first kappa shape index (κ1) is 11.8. The zero-order valence-corrected chi connectivity index (χ0v) is 8.06. The third-order valence-electron chi connectivity index (χ3n) is 2.11. The molecule has 15 heavy (non-hydrogen) atoms. The maximum atomic E-state index is 13.2. The van der Waals surface area contributed by atoms with Crippen molar-refractivity contribution in [3.63, 3.8) is 0 Å². The van der Waals surface area contributed by atoms with Crippen LogP contribution in [-0.2, 0) is 6.42 Å². The molecule has 0 aliphatic heterocycles. The number of benzene rings is 1. The van der Waals surface area contributed by atoms with Crippen LogP contribution in [0.5, 0.6) is 5.75 Å². The van der Waals surface area contributed by atoms with E-state index in [-0.39, 0.29) is 6.42 Å². The fraction of sp³-hybridized carbons (Fsp3) is 0.400. The molecule has 1 aromatic carbocycles. The summed E-state index contributed by atoms with van der Waals surface area (Å²) in [6.07, 6.45) is 1.07. The van der Waals surface area contributed by atoms with Crippen molar-refractivity contribution in [3.8, 4) is 5.75 Å². The topological polar surface area (TPSA) is 46.2 Å². The Labute approximate surface area is 85.5 Å². The van der Waals surface area contributed by atoms with Crippen LogP contribution in [0.15, 0.2) is 6.07 Å². The molecular formula is C10H12F3NO. The summed E-state index contributed by atoms with van der Waals surface area (Å²) >= 11 is 0. The fourth-order valence-electron chi connectivity index (χ4n) is 1.31. The highest BCUT2D eigenvalue weighted by molar-refractivity contribution is 5.32. The van der Waals surface area contributed by atoms with Gasteiger partial charge in [0.2, 0.25) is 0 Å². The summed E-state index contributed by atoms with van der Waals surface area (Å²) < 4.78 is 39.1. The summed E-state index contributed by atoms with van der Waals surface area (Å²) in [6, 6.07) is 0.428. The van der Waals surface area contributed by atoms with E-state index >= 15 is 0 Å². The van der Waals surface area contributed by atoms with Gasteiger partial charge < -0.3 is 10.8 Å². The molecule has 0 heterocycles. The molecule has 0 aliphatic carbocycles. The van der Waals surface area contributed by atoms with Crippen molar-refractivity contribution in [1.29, 1.82) is 0 Å². The van der Waals surface area contributed by atoms with Gasteiger partial charge in [-0.25, -0.2) is 13.2 Å². The van der Waals surface area contributed by atoms with Crippen molar-refractivity contribution in [2.75, 3.05) is 6.54 Å². The van der Waals surface area contributed by atoms with Crippen molar-refractivity contribution in [2.24, 2.45) is 5.73 Å². The number of nitrogens with two attached hydrogens (primary N) is 1. The van der Waals surface area contributed by atoms with Gasteiger partial charge in [-0.05, 0) is 25.8 Å². The highest BCUT2D eigenvalue weighted by atomic mass is 19.2. The predicted molar refractivity (Wildman–Crippen MR) is 50.0 cm³/mol. The highest BCUT2D eigenvalue weighted by Crippen LogP contribution is 2.25. The minimum absolute atomic E-state index is 0.0280. The number of phenols is 1. The number of hydrogen-bond donors (Lipinski definition) is 2. The standard InChI is InChI=1S/C10H12F3NO/c11-7-5-8(15)10(13)6(9(7)12)3-1-2-4-14/h5,15H,1-4,14H2. The second-order valence-corrected chi connectivity index (χ2v) is 3.23. The van der Waals surface area contributed by atoms with E-state index < -0.39 is 28.8 Å². The van der Waals surface area contributed by atoms with Crippen LogP contribution >= 0.6 is 0 Å². The van der Waals surface area contributed by atoms with Gasteiger partial charge in [-0.3, -0.25) is 0 Å². The molecule has 2 nitrogen and oxygen atoms in total. The number of phenolic OH excluding ortho intramolecular Hbond substituents is 1. The zero-order chi connectivity index (χ0) is 11.4. The molecule has 0 fully saturated rings. The quantitative estimate of drug-likeness (QED) is 0.601. The summed E-state index contributed by atoms with van der Waals surface area (Å²) in [5.41, 5.74) is 4.80. The molecule has 0 saturated heterocycles. The van der Waals surface area contributed by atoms with Crippen molar-refractivity contribution >= 4 is 0 Å². The molecular weight excluding hydrogens is 207 g/mol. The van der Waals surface area contributed by atoms with E-state index in [2.05, 4.69) is 0 Å². The Bertz CT molecular complexity index is 329. The van der Waals surface area contributed by atoms with Crippen molar-refractivity contribution < 1.29 is 18.3 Å². The summed E-state index contributed by atoms with van der Waals surface area (Å²) in [4.78, 5) is 0. The van der Waals surface area contributed by atoms with Crippen molar-refractivity contribution in [1.82, 2.24) is 0 Å². The minimum Gasteiger partial charge on any atom is -0.505 e. The lowest BCUT2D eigenvalue weighted by atomic mass is 10.1. The molecule has 84 valence electrons. The fourth-order valence-corrected chi connectivity index (χ4v) is 1.31. The van der Waals surface area contributed by atoms with Gasteiger partial charge in [0.1, 0.15) is 0 Å². The molecule has 0 spiro atoms. The molecule has 0 amide bonds. The smallest absolute Gasteiger partial charge is 0.171 e. The molecule has 0 unspecified atom stereocenters. The Hall–Kier alpha value is -1.23. The Morgan fingerprint density at radius 2 is 1.80 bits per heavy atom. The Morgan fingerprint density at radius 1 is 1.13 bits per heavy atom. The minimum atomic E-state index is -1.24. The number of rotatable bonds is 4. The molecule has 5 heteroatoms. The van der Waals surface area contributed by atoms with E-state index in [1.165, 1.54) is 0 Å². The second kappa shape index (κ2) is 5.02. The van der Waals surface area contributed by atoms with E-state index in [0.717, 1.165) is 0 Å². The second-order valence-electron chi connectivity index (χ2n) is 3.23. The van der Waals surface area contributed by atoms with Crippen molar-refractivity contribution in [3.05, 3.63) is 29.1 Å². The largest absolute Gasteiger partial charge is 0.505 e. The third kappa shape index (κ3) is 2.62. The van der Waals surface area contributed by atoms with Gasteiger partial charge in [0.25, 0.3) is 0 Å². The van der Waals surface area contributed by atoms with Crippen LogP contribution in [0.2, 0.25) is 0 Å². The first-order chi connectivity index (χ1) is 7.07. The Balaban J connectivity index is 2.94. The summed E-state index contributed by atoms with van der Waals surface area (Å²) in [5, 5.41) is 8.96. The van der Waals surface area contributed by atoms with E-state index in [1.54, 1.807) is 0 Å².